The molecule has 0 aliphatic rings. The number of benzene rings is 2. The number of rotatable bonds is 28. The zero-order chi connectivity index (χ0) is 42.7. The fourth-order valence-electron chi connectivity index (χ4n) is 6.69. The van der Waals surface area contributed by atoms with Crippen molar-refractivity contribution in [2.24, 2.45) is 23.5 Å². The highest BCUT2D eigenvalue weighted by molar-refractivity contribution is 6.00. The van der Waals surface area contributed by atoms with E-state index in [0.29, 0.717) is 44.2 Å². The first-order chi connectivity index (χ1) is 26.9. The first-order valence-corrected chi connectivity index (χ1v) is 20.8. The molecule has 2 aromatic carbocycles. The van der Waals surface area contributed by atoms with Gasteiger partial charge in [0.2, 0.25) is 11.8 Å². The van der Waals surface area contributed by atoms with Gasteiger partial charge in [-0.15, -0.1) is 0 Å². The van der Waals surface area contributed by atoms with Gasteiger partial charge in [0, 0.05) is 42.6 Å². The SMILES string of the molecule is CCCCc1ccc(-c2ccc(C(=O)C[C@@H](CCCC[N+](C)(C)C)C(=O)N[C@H](C(=O)C[C@@H](C)C(=O)N[C@@H](CCCCN)C(=O)C[C@@H](C)C(O)O)C(C)O)cc2)cc1. The summed E-state index contributed by atoms with van der Waals surface area (Å²) in [6.07, 6.45) is 3.20. The molecule has 2 amide bonds. The van der Waals surface area contributed by atoms with E-state index in [1.807, 2.05) is 12.1 Å². The highest BCUT2D eigenvalue weighted by Crippen LogP contribution is 2.24. The second-order valence-corrected chi connectivity index (χ2v) is 16.9. The van der Waals surface area contributed by atoms with E-state index in [1.165, 1.54) is 26.3 Å². The molecule has 2 rings (SSSR count). The summed E-state index contributed by atoms with van der Waals surface area (Å²) in [6, 6.07) is 13.6. The molecule has 0 aromatic heterocycles. The van der Waals surface area contributed by atoms with E-state index in [0.717, 1.165) is 47.8 Å². The molecule has 1 unspecified atom stereocenters. The van der Waals surface area contributed by atoms with Gasteiger partial charge in [-0.2, -0.15) is 0 Å². The fourth-order valence-corrected chi connectivity index (χ4v) is 6.69. The van der Waals surface area contributed by atoms with E-state index in [-0.39, 0.29) is 30.8 Å². The van der Waals surface area contributed by atoms with E-state index >= 15 is 0 Å². The molecule has 2 aromatic rings. The first-order valence-electron chi connectivity index (χ1n) is 20.8. The summed E-state index contributed by atoms with van der Waals surface area (Å²) in [7, 11) is 6.25. The molecule has 6 atom stereocenters. The van der Waals surface area contributed by atoms with Gasteiger partial charge in [0.25, 0.3) is 0 Å². The molecule has 0 fully saturated rings. The number of aliphatic hydroxyl groups excluding tert-OH is 2. The molecule has 12 nitrogen and oxygen atoms in total. The molecule has 57 heavy (non-hydrogen) atoms. The Bertz CT molecular complexity index is 1550. The van der Waals surface area contributed by atoms with E-state index in [4.69, 9.17) is 5.73 Å². The highest BCUT2D eigenvalue weighted by atomic mass is 16.5. The van der Waals surface area contributed by atoms with Crippen LogP contribution in [0.15, 0.2) is 48.5 Å². The predicted octanol–water partition coefficient (Wildman–Crippen LogP) is 4.74. The number of nitrogens with one attached hydrogen (secondary N) is 2. The lowest BCUT2D eigenvalue weighted by molar-refractivity contribution is -0.870. The summed E-state index contributed by atoms with van der Waals surface area (Å²) in [5.74, 6) is -4.60. The van der Waals surface area contributed by atoms with Crippen molar-refractivity contribution in [3.05, 3.63) is 59.7 Å². The second kappa shape index (κ2) is 24.8. The maximum absolute atomic E-state index is 13.9. The number of nitrogens with zero attached hydrogens (tertiary/aromatic N) is 1. The van der Waals surface area contributed by atoms with Crippen LogP contribution in [0.25, 0.3) is 11.1 Å². The van der Waals surface area contributed by atoms with Crippen LogP contribution in [-0.2, 0) is 25.6 Å². The van der Waals surface area contributed by atoms with Gasteiger partial charge in [-0.1, -0.05) is 75.7 Å². The van der Waals surface area contributed by atoms with Crippen LogP contribution in [-0.4, -0.2) is 108 Å². The number of ketones is 3. The second-order valence-electron chi connectivity index (χ2n) is 16.9. The Balaban J connectivity index is 2.17. The number of aliphatic hydroxyl groups is 3. The number of Topliss-reactive ketones (excluding diaryl/α,β-unsaturated/α-hetero) is 3. The summed E-state index contributed by atoms with van der Waals surface area (Å²) >= 11 is 0. The highest BCUT2D eigenvalue weighted by Gasteiger charge is 2.33. The summed E-state index contributed by atoms with van der Waals surface area (Å²) < 4.78 is 0.751. The zero-order valence-corrected chi connectivity index (χ0v) is 35.5. The van der Waals surface area contributed by atoms with Crippen molar-refractivity contribution in [2.75, 3.05) is 34.2 Å². The molecule has 318 valence electrons. The van der Waals surface area contributed by atoms with Gasteiger partial charge in [0.05, 0.1) is 39.8 Å². The Kier molecular flexibility index (Phi) is 21.5. The van der Waals surface area contributed by atoms with Gasteiger partial charge in [0.1, 0.15) is 6.04 Å². The third-order valence-electron chi connectivity index (χ3n) is 10.5. The number of nitrogens with two attached hydrogens (primary N) is 1. The van der Waals surface area contributed by atoms with Crippen molar-refractivity contribution >= 4 is 29.2 Å². The smallest absolute Gasteiger partial charge is 0.224 e. The van der Waals surface area contributed by atoms with Gasteiger partial charge in [-0.05, 0) is 81.5 Å². The lowest BCUT2D eigenvalue weighted by Crippen LogP contribution is -2.51. The average Bonchev–Trinajstić information content (AvgIpc) is 3.16. The Hall–Kier alpha value is -3.81. The molecule has 0 saturated heterocycles. The Morgan fingerprint density at radius 1 is 0.702 bits per heavy atom. The van der Waals surface area contributed by atoms with E-state index in [9.17, 15) is 39.3 Å². The number of carbonyl (C=O) groups excluding carboxylic acids is 5. The molecule has 0 aliphatic heterocycles. The predicted molar refractivity (Wildman–Crippen MR) is 224 cm³/mol. The normalized spacial score (nSPS) is 14.9. The summed E-state index contributed by atoms with van der Waals surface area (Å²) in [5, 5.41) is 35.0. The topological polar surface area (TPSA) is 196 Å². The van der Waals surface area contributed by atoms with Crippen molar-refractivity contribution in [1.29, 1.82) is 0 Å². The van der Waals surface area contributed by atoms with Crippen molar-refractivity contribution < 1.29 is 43.8 Å². The number of aryl methyl sites for hydroxylation is 1. The molecule has 0 radical (unpaired) electrons. The molecule has 7 N–H and O–H groups in total. The van der Waals surface area contributed by atoms with E-state index in [2.05, 4.69) is 63.0 Å². The van der Waals surface area contributed by atoms with Crippen LogP contribution in [0, 0.1) is 17.8 Å². The minimum atomic E-state index is -1.69. The maximum Gasteiger partial charge on any atom is 0.224 e. The Labute approximate surface area is 340 Å². The van der Waals surface area contributed by atoms with Crippen molar-refractivity contribution in [3.63, 3.8) is 0 Å². The standard InChI is InChI=1S/C45H70N4O8/c1-8-9-14-33-17-19-34(20-18-33)35-21-23-36(24-22-35)39(51)29-37(15-11-13-26-49(5,6)7)44(55)48-42(32(4)50)41(53)27-30(2)43(54)47-38(16-10-12-25-46)40(52)28-31(3)45(56)57/h17-24,30-32,37-38,42,45,50,56-57H,8-16,25-29,46H2,1-7H3,(H-,47,48,54,55)/p+1/t30-,31-,32?,37-,38+,42+/m1/s1. The fraction of sp³-hybridized carbons (Fsp3) is 0.622. The molecule has 12 heteroatoms. The Morgan fingerprint density at radius 3 is 1.84 bits per heavy atom. The largest absolute Gasteiger partial charge is 0.391 e. The Morgan fingerprint density at radius 2 is 1.30 bits per heavy atom. The van der Waals surface area contributed by atoms with Crippen LogP contribution < -0.4 is 16.4 Å². The number of hydrogen-bond acceptors (Lipinski definition) is 9. The molecule has 0 saturated carbocycles. The molecule has 0 bridgehead atoms. The van der Waals surface area contributed by atoms with Crippen LogP contribution in [0.5, 0.6) is 0 Å². The molecule has 0 heterocycles. The number of unbranched alkanes of at least 4 members (excludes halogenated alkanes) is 3. The van der Waals surface area contributed by atoms with Gasteiger partial charge >= 0.3 is 0 Å². The van der Waals surface area contributed by atoms with Gasteiger partial charge in [0.15, 0.2) is 23.6 Å². The third-order valence-corrected chi connectivity index (χ3v) is 10.5. The van der Waals surface area contributed by atoms with E-state index < -0.39 is 59.8 Å². The van der Waals surface area contributed by atoms with Crippen LogP contribution in [0.3, 0.4) is 0 Å². The van der Waals surface area contributed by atoms with Crippen LogP contribution >= 0.6 is 0 Å². The van der Waals surface area contributed by atoms with Crippen molar-refractivity contribution in [3.8, 4) is 11.1 Å². The number of amides is 2. The van der Waals surface area contributed by atoms with Crippen LogP contribution in [0.4, 0.5) is 0 Å². The maximum atomic E-state index is 13.9. The minimum Gasteiger partial charge on any atom is -0.391 e. The van der Waals surface area contributed by atoms with Gasteiger partial charge in [-0.25, -0.2) is 0 Å². The summed E-state index contributed by atoms with van der Waals surface area (Å²) in [6.45, 7) is 7.89. The van der Waals surface area contributed by atoms with Crippen molar-refractivity contribution in [2.45, 2.75) is 129 Å². The monoisotopic (exact) mass is 796 g/mol. The minimum absolute atomic E-state index is 0.0767. The molecular formula is C45H71N4O8+. The summed E-state index contributed by atoms with van der Waals surface area (Å²) in [4.78, 5) is 67.3. The summed E-state index contributed by atoms with van der Waals surface area (Å²) in [5.41, 5.74) is 9.41. The van der Waals surface area contributed by atoms with Gasteiger partial charge < -0.3 is 36.2 Å². The quantitative estimate of drug-likeness (QED) is 0.0305. The first kappa shape index (κ1) is 49.3. The zero-order valence-electron chi connectivity index (χ0n) is 35.5. The molecule has 0 spiro atoms. The van der Waals surface area contributed by atoms with Crippen LogP contribution in [0.2, 0.25) is 0 Å². The number of hydrogen-bond donors (Lipinski definition) is 6. The number of carbonyl (C=O) groups is 5. The van der Waals surface area contributed by atoms with E-state index in [1.54, 1.807) is 12.1 Å². The molecular weight excluding hydrogens is 725 g/mol. The lowest BCUT2D eigenvalue weighted by atomic mass is 9.90. The average molecular weight is 796 g/mol. The third kappa shape index (κ3) is 18.1. The number of quaternary nitrogens is 1. The lowest BCUT2D eigenvalue weighted by Gasteiger charge is -2.26. The molecule has 0 aliphatic carbocycles. The van der Waals surface area contributed by atoms with Crippen molar-refractivity contribution in [1.82, 2.24) is 10.6 Å². The van der Waals surface area contributed by atoms with Crippen LogP contribution in [0.1, 0.15) is 114 Å². The van der Waals surface area contributed by atoms with Gasteiger partial charge in [-0.3, -0.25) is 24.0 Å².